The lowest BCUT2D eigenvalue weighted by molar-refractivity contribution is -0.123. The minimum absolute atomic E-state index is 0.229. The summed E-state index contributed by atoms with van der Waals surface area (Å²) in [6.45, 7) is 2.54. The monoisotopic (exact) mass is 529 g/mol. The Morgan fingerprint density at radius 1 is 0.973 bits per heavy atom. The number of amides is 2. The predicted molar refractivity (Wildman–Crippen MR) is 149 cm³/mol. The van der Waals surface area contributed by atoms with Gasteiger partial charge in [0.15, 0.2) is 11.5 Å². The molecule has 1 aliphatic heterocycles. The number of carbonyl (C=O) groups excluding carboxylic acids is 2. The number of aryl methyl sites for hydroxylation is 1. The van der Waals surface area contributed by atoms with Crippen LogP contribution in [0.2, 0.25) is 5.02 Å². The number of hydrogen-bond acceptors (Lipinski definition) is 5. The molecule has 2 amide bonds. The van der Waals surface area contributed by atoms with Gasteiger partial charge in [0.05, 0.1) is 23.6 Å². The number of rotatable bonds is 7. The van der Waals surface area contributed by atoms with Crippen LogP contribution in [0.3, 0.4) is 0 Å². The average Bonchev–Trinajstić information content (AvgIpc) is 3.16. The molecule has 0 aliphatic carbocycles. The molecule has 5 nitrogen and oxygen atoms in total. The molecular formula is C30H24ClNO4S. The lowest BCUT2D eigenvalue weighted by atomic mass is 10.1. The fourth-order valence-corrected chi connectivity index (χ4v) is 5.31. The number of imide groups is 1. The summed E-state index contributed by atoms with van der Waals surface area (Å²) in [6, 6.07) is 25.4. The molecule has 0 aromatic heterocycles. The molecule has 4 aromatic carbocycles. The van der Waals surface area contributed by atoms with Crippen molar-refractivity contribution in [2.45, 2.75) is 20.1 Å². The zero-order chi connectivity index (χ0) is 25.9. The van der Waals surface area contributed by atoms with Gasteiger partial charge in [0.2, 0.25) is 0 Å². The second kappa shape index (κ2) is 10.7. The first-order chi connectivity index (χ1) is 17.9. The number of fused-ring (bicyclic) bond motifs is 1. The quantitative estimate of drug-likeness (QED) is 0.230. The van der Waals surface area contributed by atoms with Crippen LogP contribution < -0.4 is 9.47 Å². The second-order valence-corrected chi connectivity index (χ2v) is 10.1. The number of nitrogens with zero attached hydrogens (tertiary/aromatic N) is 1. The van der Waals surface area contributed by atoms with E-state index in [1.165, 1.54) is 12.0 Å². The van der Waals surface area contributed by atoms with Gasteiger partial charge < -0.3 is 9.47 Å². The van der Waals surface area contributed by atoms with E-state index in [9.17, 15) is 9.59 Å². The Hall–Kier alpha value is -3.74. The van der Waals surface area contributed by atoms with Gasteiger partial charge in [-0.05, 0) is 64.4 Å². The summed E-state index contributed by atoms with van der Waals surface area (Å²) < 4.78 is 11.7. The van der Waals surface area contributed by atoms with Crippen molar-refractivity contribution in [2.75, 3.05) is 7.11 Å². The van der Waals surface area contributed by atoms with Crippen molar-refractivity contribution in [3.05, 3.63) is 111 Å². The van der Waals surface area contributed by atoms with E-state index in [0.717, 1.165) is 39.2 Å². The highest BCUT2D eigenvalue weighted by atomic mass is 35.5. The maximum absolute atomic E-state index is 13.0. The summed E-state index contributed by atoms with van der Waals surface area (Å²) in [5.74, 6) is 0.529. The van der Waals surface area contributed by atoms with Crippen molar-refractivity contribution in [2.24, 2.45) is 0 Å². The maximum atomic E-state index is 13.0. The molecule has 5 rings (SSSR count). The molecule has 1 heterocycles. The van der Waals surface area contributed by atoms with E-state index >= 15 is 0 Å². The molecule has 0 atom stereocenters. The molecule has 0 bridgehead atoms. The minimum Gasteiger partial charge on any atom is -0.493 e. The van der Waals surface area contributed by atoms with Gasteiger partial charge >= 0.3 is 0 Å². The van der Waals surface area contributed by atoms with Gasteiger partial charge in [-0.3, -0.25) is 14.5 Å². The lowest BCUT2D eigenvalue weighted by Gasteiger charge is -2.15. The van der Waals surface area contributed by atoms with E-state index in [2.05, 4.69) is 18.2 Å². The van der Waals surface area contributed by atoms with Crippen LogP contribution in [0.15, 0.2) is 83.8 Å². The van der Waals surface area contributed by atoms with Crippen LogP contribution in [-0.4, -0.2) is 23.2 Å². The van der Waals surface area contributed by atoms with Crippen LogP contribution in [0.1, 0.15) is 22.3 Å². The molecule has 186 valence electrons. The number of hydrogen-bond donors (Lipinski definition) is 0. The first kappa shape index (κ1) is 24.9. The Kier molecular flexibility index (Phi) is 7.22. The van der Waals surface area contributed by atoms with Crippen LogP contribution in [0.25, 0.3) is 16.8 Å². The normalized spacial score (nSPS) is 14.6. The van der Waals surface area contributed by atoms with Gasteiger partial charge in [-0.15, -0.1) is 0 Å². The summed E-state index contributed by atoms with van der Waals surface area (Å²) in [6.07, 6.45) is 1.66. The van der Waals surface area contributed by atoms with E-state index < -0.39 is 0 Å². The molecule has 1 aliphatic rings. The summed E-state index contributed by atoms with van der Waals surface area (Å²) >= 11 is 7.51. The van der Waals surface area contributed by atoms with Gasteiger partial charge in [-0.25, -0.2) is 0 Å². The van der Waals surface area contributed by atoms with Crippen LogP contribution in [-0.2, 0) is 17.9 Å². The van der Waals surface area contributed by atoms with E-state index in [4.69, 9.17) is 21.1 Å². The highest BCUT2D eigenvalue weighted by molar-refractivity contribution is 8.18. The molecule has 7 heteroatoms. The van der Waals surface area contributed by atoms with E-state index in [1.807, 2.05) is 55.5 Å². The lowest BCUT2D eigenvalue weighted by Crippen LogP contribution is -2.27. The van der Waals surface area contributed by atoms with Crippen LogP contribution >= 0.6 is 23.4 Å². The number of carbonyl (C=O) groups is 2. The van der Waals surface area contributed by atoms with E-state index in [1.54, 1.807) is 18.2 Å². The Morgan fingerprint density at radius 2 is 1.73 bits per heavy atom. The topological polar surface area (TPSA) is 55.8 Å². The predicted octanol–water partition coefficient (Wildman–Crippen LogP) is 7.63. The molecule has 0 saturated carbocycles. The number of halogens is 1. The van der Waals surface area contributed by atoms with E-state index in [0.29, 0.717) is 33.6 Å². The summed E-state index contributed by atoms with van der Waals surface area (Å²) in [5, 5.41) is 2.29. The Balaban J connectivity index is 1.36. The van der Waals surface area contributed by atoms with Gasteiger partial charge in [0.25, 0.3) is 11.1 Å². The fourth-order valence-electron chi connectivity index (χ4n) is 4.20. The van der Waals surface area contributed by atoms with Gasteiger partial charge in [-0.2, -0.15) is 0 Å². The summed E-state index contributed by atoms with van der Waals surface area (Å²) in [4.78, 5) is 27.1. The van der Waals surface area contributed by atoms with Crippen LogP contribution in [0.4, 0.5) is 4.79 Å². The highest BCUT2D eigenvalue weighted by Crippen LogP contribution is 2.40. The maximum Gasteiger partial charge on any atom is 0.293 e. The second-order valence-electron chi connectivity index (χ2n) is 8.71. The van der Waals surface area contributed by atoms with Crippen LogP contribution in [0, 0.1) is 6.92 Å². The molecule has 0 radical (unpaired) electrons. The smallest absolute Gasteiger partial charge is 0.293 e. The fraction of sp³-hybridized carbons (Fsp3) is 0.133. The first-order valence-corrected chi connectivity index (χ1v) is 12.9. The summed E-state index contributed by atoms with van der Waals surface area (Å²) in [7, 11) is 1.54. The molecule has 0 spiro atoms. The van der Waals surface area contributed by atoms with Crippen molar-refractivity contribution < 1.29 is 19.1 Å². The minimum atomic E-state index is -0.332. The van der Waals surface area contributed by atoms with Gasteiger partial charge in [0.1, 0.15) is 6.61 Å². The number of thioether (sulfide) groups is 1. The molecule has 1 fully saturated rings. The number of ether oxygens (including phenoxy) is 2. The van der Waals surface area contributed by atoms with Crippen molar-refractivity contribution in [1.29, 1.82) is 0 Å². The standard InChI is InChI=1S/C30H24ClNO4S/c1-19-10-12-20(13-11-19)17-32-29(33)27(37-30(32)34)16-21-14-25(31)28(26(15-21)35-2)36-18-23-8-5-7-22-6-3-4-9-24(22)23/h3-16H,17-18H2,1-2H3/b27-16-. The van der Waals surface area contributed by atoms with Crippen molar-refractivity contribution in [3.8, 4) is 11.5 Å². The molecule has 0 unspecified atom stereocenters. The van der Waals surface area contributed by atoms with Crippen molar-refractivity contribution in [1.82, 2.24) is 4.90 Å². The third-order valence-corrected chi connectivity index (χ3v) is 7.32. The SMILES string of the molecule is COc1cc(/C=C2\SC(=O)N(Cc3ccc(C)cc3)C2=O)cc(Cl)c1OCc1cccc2ccccc12. The van der Waals surface area contributed by atoms with E-state index in [-0.39, 0.29) is 17.7 Å². The average molecular weight is 530 g/mol. The number of methoxy groups -OCH3 is 1. The zero-order valence-corrected chi connectivity index (χ0v) is 21.9. The van der Waals surface area contributed by atoms with Crippen molar-refractivity contribution >= 4 is 51.4 Å². The zero-order valence-electron chi connectivity index (χ0n) is 20.4. The highest BCUT2D eigenvalue weighted by Gasteiger charge is 2.35. The Labute approximate surface area is 224 Å². The molecule has 0 N–H and O–H groups in total. The summed E-state index contributed by atoms with van der Waals surface area (Å²) in [5.41, 5.74) is 3.68. The number of benzene rings is 4. The first-order valence-electron chi connectivity index (χ1n) is 11.7. The van der Waals surface area contributed by atoms with Gasteiger partial charge in [0, 0.05) is 0 Å². The molecular weight excluding hydrogens is 506 g/mol. The molecule has 37 heavy (non-hydrogen) atoms. The van der Waals surface area contributed by atoms with Crippen molar-refractivity contribution in [3.63, 3.8) is 0 Å². The Bertz CT molecular complexity index is 1530. The Morgan fingerprint density at radius 3 is 2.51 bits per heavy atom. The van der Waals surface area contributed by atoms with Crippen LogP contribution in [0.5, 0.6) is 11.5 Å². The van der Waals surface area contributed by atoms with Gasteiger partial charge in [-0.1, -0.05) is 83.9 Å². The largest absolute Gasteiger partial charge is 0.493 e. The molecule has 4 aromatic rings. The third kappa shape index (κ3) is 5.36. The third-order valence-electron chi connectivity index (χ3n) is 6.14. The molecule has 1 saturated heterocycles.